The van der Waals surface area contributed by atoms with Crippen LogP contribution in [0, 0.1) is 11.6 Å². The number of halogens is 3. The molecule has 0 aromatic heterocycles. The zero-order valence-corrected chi connectivity index (χ0v) is 10.8. The van der Waals surface area contributed by atoms with E-state index in [2.05, 4.69) is 0 Å². The molecule has 0 fully saturated rings. The van der Waals surface area contributed by atoms with Gasteiger partial charge in [0.25, 0.3) is 0 Å². The van der Waals surface area contributed by atoms with E-state index in [1.54, 1.807) is 18.2 Å². The molecule has 2 rings (SSSR count). The molecule has 2 aromatic rings. The quantitative estimate of drug-likeness (QED) is 0.929. The zero-order valence-electron chi connectivity index (χ0n) is 10.00. The van der Waals surface area contributed by atoms with Crippen molar-refractivity contribution >= 4 is 11.6 Å². The van der Waals surface area contributed by atoms with Crippen LogP contribution in [0.5, 0.6) is 5.75 Å². The van der Waals surface area contributed by atoms with Gasteiger partial charge in [-0.1, -0.05) is 23.7 Å². The Morgan fingerprint density at radius 1 is 1.11 bits per heavy atom. The molecule has 0 saturated carbocycles. The lowest BCUT2D eigenvalue weighted by Gasteiger charge is -2.11. The summed E-state index contributed by atoms with van der Waals surface area (Å²) in [5, 5.41) is 0.519. The van der Waals surface area contributed by atoms with Crippen LogP contribution in [0.1, 0.15) is 11.1 Å². The SMILES string of the molecule is NCc1c(Cl)cccc1OCc1ccc(F)c(F)c1. The zero-order chi connectivity index (χ0) is 13.8. The van der Waals surface area contributed by atoms with E-state index in [1.807, 2.05) is 0 Å². The Kier molecular flexibility index (Phi) is 4.35. The Labute approximate surface area is 114 Å². The third-order valence-electron chi connectivity index (χ3n) is 2.66. The van der Waals surface area contributed by atoms with E-state index >= 15 is 0 Å². The molecular formula is C14H12ClF2NO. The van der Waals surface area contributed by atoms with E-state index in [-0.39, 0.29) is 13.2 Å². The van der Waals surface area contributed by atoms with Gasteiger partial charge in [0.2, 0.25) is 0 Å². The third-order valence-corrected chi connectivity index (χ3v) is 3.01. The van der Waals surface area contributed by atoms with Gasteiger partial charge in [-0.2, -0.15) is 0 Å². The molecule has 2 nitrogen and oxygen atoms in total. The van der Waals surface area contributed by atoms with Crippen molar-refractivity contribution in [1.29, 1.82) is 0 Å². The van der Waals surface area contributed by atoms with Gasteiger partial charge in [0.05, 0.1) is 0 Å². The summed E-state index contributed by atoms with van der Waals surface area (Å²) in [5.41, 5.74) is 6.81. The normalized spacial score (nSPS) is 10.5. The van der Waals surface area contributed by atoms with Gasteiger partial charge < -0.3 is 10.5 Å². The largest absolute Gasteiger partial charge is 0.489 e. The van der Waals surface area contributed by atoms with E-state index in [1.165, 1.54) is 6.07 Å². The van der Waals surface area contributed by atoms with Crippen LogP contribution in [0.2, 0.25) is 5.02 Å². The van der Waals surface area contributed by atoms with Crippen molar-refractivity contribution < 1.29 is 13.5 Å². The Morgan fingerprint density at radius 3 is 2.58 bits per heavy atom. The smallest absolute Gasteiger partial charge is 0.159 e. The first-order valence-electron chi connectivity index (χ1n) is 5.66. The van der Waals surface area contributed by atoms with E-state index < -0.39 is 11.6 Å². The van der Waals surface area contributed by atoms with Crippen molar-refractivity contribution in [1.82, 2.24) is 0 Å². The highest BCUT2D eigenvalue weighted by atomic mass is 35.5. The first kappa shape index (κ1) is 13.8. The van der Waals surface area contributed by atoms with Crippen molar-refractivity contribution in [3.8, 4) is 5.75 Å². The maximum absolute atomic E-state index is 13.0. The van der Waals surface area contributed by atoms with Crippen molar-refractivity contribution in [2.45, 2.75) is 13.2 Å². The van der Waals surface area contributed by atoms with E-state index in [4.69, 9.17) is 22.1 Å². The molecule has 0 amide bonds. The van der Waals surface area contributed by atoms with E-state index in [0.717, 1.165) is 12.1 Å². The van der Waals surface area contributed by atoms with Gasteiger partial charge >= 0.3 is 0 Å². The van der Waals surface area contributed by atoms with Crippen molar-refractivity contribution in [3.05, 3.63) is 64.2 Å². The minimum absolute atomic E-state index is 0.116. The van der Waals surface area contributed by atoms with Gasteiger partial charge in [-0.3, -0.25) is 0 Å². The van der Waals surface area contributed by atoms with Crippen LogP contribution >= 0.6 is 11.6 Å². The maximum atomic E-state index is 13.0. The molecule has 0 radical (unpaired) electrons. The fourth-order valence-corrected chi connectivity index (χ4v) is 1.91. The fraction of sp³-hybridized carbons (Fsp3) is 0.143. The molecule has 0 unspecified atom stereocenters. The second-order valence-electron chi connectivity index (χ2n) is 3.96. The lowest BCUT2D eigenvalue weighted by atomic mass is 10.2. The monoisotopic (exact) mass is 283 g/mol. The first-order chi connectivity index (χ1) is 9.11. The molecule has 0 spiro atoms. The number of nitrogens with two attached hydrogens (primary N) is 1. The molecular weight excluding hydrogens is 272 g/mol. The van der Waals surface area contributed by atoms with Gasteiger partial charge in [-0.05, 0) is 29.8 Å². The van der Waals surface area contributed by atoms with Gasteiger partial charge in [-0.15, -0.1) is 0 Å². The summed E-state index contributed by atoms with van der Waals surface area (Å²) in [6.45, 7) is 0.358. The highest BCUT2D eigenvalue weighted by Crippen LogP contribution is 2.26. The molecule has 2 N–H and O–H groups in total. The van der Waals surface area contributed by atoms with E-state index in [9.17, 15) is 8.78 Å². The Morgan fingerprint density at radius 2 is 1.89 bits per heavy atom. The summed E-state index contributed by atoms with van der Waals surface area (Å²) in [4.78, 5) is 0. The lowest BCUT2D eigenvalue weighted by Crippen LogP contribution is -2.03. The Hall–Kier alpha value is -1.65. The average Bonchev–Trinajstić information content (AvgIpc) is 2.40. The molecule has 100 valence electrons. The summed E-state index contributed by atoms with van der Waals surface area (Å²) < 4.78 is 31.4. The van der Waals surface area contributed by atoms with Crippen molar-refractivity contribution in [2.75, 3.05) is 0 Å². The van der Waals surface area contributed by atoms with Gasteiger partial charge in [0, 0.05) is 17.1 Å². The Balaban J connectivity index is 2.14. The molecule has 19 heavy (non-hydrogen) atoms. The van der Waals surface area contributed by atoms with Crippen LogP contribution in [0.3, 0.4) is 0 Å². The minimum Gasteiger partial charge on any atom is -0.489 e. The Bertz CT molecular complexity index is 590. The van der Waals surface area contributed by atoms with Crippen LogP contribution in [0.15, 0.2) is 36.4 Å². The molecule has 0 aliphatic carbocycles. The fourth-order valence-electron chi connectivity index (χ4n) is 1.66. The maximum Gasteiger partial charge on any atom is 0.159 e. The number of ether oxygens (including phenoxy) is 1. The van der Waals surface area contributed by atoms with E-state index in [0.29, 0.717) is 21.9 Å². The predicted molar refractivity (Wildman–Crippen MR) is 70.0 cm³/mol. The van der Waals surface area contributed by atoms with Gasteiger partial charge in [-0.25, -0.2) is 8.78 Å². The molecule has 0 bridgehead atoms. The summed E-state index contributed by atoms with van der Waals surface area (Å²) in [6, 6.07) is 8.81. The second kappa shape index (κ2) is 5.99. The summed E-state index contributed by atoms with van der Waals surface area (Å²) in [6.07, 6.45) is 0. The van der Waals surface area contributed by atoms with Crippen LogP contribution in [-0.4, -0.2) is 0 Å². The number of hydrogen-bond acceptors (Lipinski definition) is 2. The van der Waals surface area contributed by atoms with Crippen LogP contribution < -0.4 is 10.5 Å². The summed E-state index contributed by atoms with van der Waals surface area (Å²) in [7, 11) is 0. The topological polar surface area (TPSA) is 35.2 Å². The summed E-state index contributed by atoms with van der Waals surface area (Å²) >= 11 is 5.99. The van der Waals surface area contributed by atoms with Crippen molar-refractivity contribution in [3.63, 3.8) is 0 Å². The molecule has 0 atom stereocenters. The highest BCUT2D eigenvalue weighted by Gasteiger charge is 2.08. The second-order valence-corrected chi connectivity index (χ2v) is 4.36. The van der Waals surface area contributed by atoms with Crippen LogP contribution in [0.25, 0.3) is 0 Å². The number of hydrogen-bond donors (Lipinski definition) is 1. The van der Waals surface area contributed by atoms with Gasteiger partial charge in [0.15, 0.2) is 11.6 Å². The molecule has 5 heteroatoms. The molecule has 0 aliphatic heterocycles. The molecule has 0 aliphatic rings. The third kappa shape index (κ3) is 3.22. The molecule has 2 aromatic carbocycles. The van der Waals surface area contributed by atoms with Crippen molar-refractivity contribution in [2.24, 2.45) is 5.73 Å². The standard InChI is InChI=1S/C14H12ClF2NO/c15-11-2-1-3-14(10(11)7-18)19-8-9-4-5-12(16)13(17)6-9/h1-6H,7-8,18H2. The summed E-state index contributed by atoms with van der Waals surface area (Å²) in [5.74, 6) is -1.24. The average molecular weight is 284 g/mol. The van der Waals surface area contributed by atoms with Crippen LogP contribution in [0.4, 0.5) is 8.78 Å². The van der Waals surface area contributed by atoms with Crippen LogP contribution in [-0.2, 0) is 13.2 Å². The predicted octanol–water partition coefficient (Wildman–Crippen LogP) is 3.66. The van der Waals surface area contributed by atoms with Gasteiger partial charge in [0.1, 0.15) is 12.4 Å². The minimum atomic E-state index is -0.897. The lowest BCUT2D eigenvalue weighted by molar-refractivity contribution is 0.302. The number of rotatable bonds is 4. The first-order valence-corrected chi connectivity index (χ1v) is 6.04. The molecule has 0 saturated heterocycles. The highest BCUT2D eigenvalue weighted by molar-refractivity contribution is 6.31. The number of benzene rings is 2. The molecule has 0 heterocycles.